The third-order valence-corrected chi connectivity index (χ3v) is 7.83. The molecule has 9 nitrogen and oxygen atoms in total. The van der Waals surface area contributed by atoms with E-state index in [4.69, 9.17) is 32.7 Å². The van der Waals surface area contributed by atoms with Crippen molar-refractivity contribution in [3.63, 3.8) is 0 Å². The Bertz CT molecular complexity index is 1360. The molecule has 1 aliphatic rings. The van der Waals surface area contributed by atoms with Crippen molar-refractivity contribution in [1.82, 2.24) is 10.2 Å². The van der Waals surface area contributed by atoms with Crippen molar-refractivity contribution >= 4 is 63.9 Å². The maximum atomic E-state index is 13.5. The first-order chi connectivity index (χ1) is 19.5. The number of ether oxygens (including phenoxy) is 2. The van der Waals surface area contributed by atoms with Crippen molar-refractivity contribution < 1.29 is 34.1 Å². The molecular formula is C29H31Cl2IN2O7. The number of aliphatic hydroxyl groups is 2. The molecule has 2 amide bonds. The fourth-order valence-corrected chi connectivity index (χ4v) is 5.43. The molecule has 0 heterocycles. The maximum Gasteiger partial charge on any atom is 0.247 e. The van der Waals surface area contributed by atoms with Crippen LogP contribution in [0, 0.1) is 3.57 Å². The lowest BCUT2D eigenvalue weighted by atomic mass is 9.87. The van der Waals surface area contributed by atoms with E-state index in [-0.39, 0.29) is 49.1 Å². The molecule has 3 atom stereocenters. The second-order valence-electron chi connectivity index (χ2n) is 9.60. The number of amides is 2. The van der Waals surface area contributed by atoms with Crippen LogP contribution in [0.1, 0.15) is 36.2 Å². The van der Waals surface area contributed by atoms with Crippen LogP contribution in [0.5, 0.6) is 11.5 Å². The van der Waals surface area contributed by atoms with E-state index in [1.807, 2.05) is 22.6 Å². The number of methoxy groups -OCH3 is 1. The zero-order valence-electron chi connectivity index (χ0n) is 22.7. The zero-order valence-corrected chi connectivity index (χ0v) is 26.4. The minimum absolute atomic E-state index is 0.0141. The van der Waals surface area contributed by atoms with Crippen molar-refractivity contribution in [2.24, 2.45) is 0 Å². The first kappa shape index (κ1) is 32.9. The SMILES string of the molecule is COc1cc(C=O)cc(I)c1OC1C=C(C(=O)NCCO)CC(N(Cc2ccc(Cl)c(Cl)c2)C(=O)C=C(C)C)C1O. The fourth-order valence-electron chi connectivity index (χ4n) is 4.36. The summed E-state index contributed by atoms with van der Waals surface area (Å²) >= 11 is 14.3. The summed E-state index contributed by atoms with van der Waals surface area (Å²) in [6.07, 6.45) is 1.30. The van der Waals surface area contributed by atoms with E-state index in [0.29, 0.717) is 31.0 Å². The summed E-state index contributed by atoms with van der Waals surface area (Å²) in [6, 6.07) is 7.21. The number of halogens is 3. The fraction of sp³-hybridized carbons (Fsp3) is 0.345. The molecule has 0 saturated heterocycles. The van der Waals surface area contributed by atoms with Crippen LogP contribution in [0.3, 0.4) is 0 Å². The van der Waals surface area contributed by atoms with E-state index < -0.39 is 24.2 Å². The van der Waals surface area contributed by atoms with Crippen molar-refractivity contribution in [3.05, 3.63) is 78.4 Å². The van der Waals surface area contributed by atoms with Crippen LogP contribution < -0.4 is 14.8 Å². The minimum atomic E-state index is -1.27. The zero-order chi connectivity index (χ0) is 30.3. The highest BCUT2D eigenvalue weighted by atomic mass is 127. The molecule has 2 aromatic carbocycles. The third kappa shape index (κ3) is 8.45. The molecule has 220 valence electrons. The van der Waals surface area contributed by atoms with E-state index in [1.165, 1.54) is 30.2 Å². The number of aldehydes is 1. The minimum Gasteiger partial charge on any atom is -0.493 e. The first-order valence-electron chi connectivity index (χ1n) is 12.7. The van der Waals surface area contributed by atoms with Crippen molar-refractivity contribution in [2.45, 2.75) is 45.1 Å². The third-order valence-electron chi connectivity index (χ3n) is 6.29. The average Bonchev–Trinajstić information content (AvgIpc) is 2.93. The molecule has 41 heavy (non-hydrogen) atoms. The molecule has 0 aliphatic heterocycles. The van der Waals surface area contributed by atoms with Crippen LogP contribution in [0.4, 0.5) is 0 Å². The Kier molecular flexibility index (Phi) is 12.0. The Balaban J connectivity index is 2.08. The molecule has 3 rings (SSSR count). The molecule has 3 N–H and O–H groups in total. The first-order valence-corrected chi connectivity index (χ1v) is 14.5. The van der Waals surface area contributed by atoms with Gasteiger partial charge in [-0.15, -0.1) is 0 Å². The van der Waals surface area contributed by atoms with E-state index in [0.717, 1.165) is 5.57 Å². The largest absolute Gasteiger partial charge is 0.493 e. The predicted octanol–water partition coefficient (Wildman–Crippen LogP) is 4.33. The standard InChI is InChI=1S/C29H31Cl2IN2O7/c1-16(2)8-26(37)34(14-17-4-5-20(30)21(31)9-17)23-12-19(29(39)33-6-7-35)13-24(27(23)38)41-28-22(32)10-18(15-36)11-25(28)40-3/h4-5,8-11,13,15,23-24,27,35,38H,6-7,12,14H2,1-3H3,(H,33,39). The van der Waals surface area contributed by atoms with Crippen LogP contribution in [0.15, 0.2) is 53.6 Å². The van der Waals surface area contributed by atoms with Crippen molar-refractivity contribution in [3.8, 4) is 11.5 Å². The molecule has 2 aromatic rings. The van der Waals surface area contributed by atoms with Gasteiger partial charge in [-0.3, -0.25) is 14.4 Å². The van der Waals surface area contributed by atoms with Gasteiger partial charge in [-0.1, -0.05) is 34.8 Å². The molecule has 0 radical (unpaired) electrons. The normalized spacial score (nSPS) is 18.1. The molecular weight excluding hydrogens is 686 g/mol. The number of allylic oxidation sites excluding steroid dienone is 1. The molecule has 1 aliphatic carbocycles. The van der Waals surface area contributed by atoms with Gasteiger partial charge in [0.2, 0.25) is 11.8 Å². The molecule has 3 unspecified atom stereocenters. The van der Waals surface area contributed by atoms with Gasteiger partial charge in [0, 0.05) is 36.7 Å². The van der Waals surface area contributed by atoms with Gasteiger partial charge in [0.25, 0.3) is 0 Å². The Morgan fingerprint density at radius 1 is 1.20 bits per heavy atom. The molecule has 0 saturated carbocycles. The molecule has 0 bridgehead atoms. The summed E-state index contributed by atoms with van der Waals surface area (Å²) in [5.41, 5.74) is 2.06. The highest BCUT2D eigenvalue weighted by Gasteiger charge is 2.40. The van der Waals surface area contributed by atoms with Gasteiger partial charge in [-0.25, -0.2) is 0 Å². The topological polar surface area (TPSA) is 125 Å². The van der Waals surface area contributed by atoms with E-state index >= 15 is 0 Å². The molecule has 0 spiro atoms. The Morgan fingerprint density at radius 2 is 1.93 bits per heavy atom. The van der Waals surface area contributed by atoms with Gasteiger partial charge in [0.05, 0.1) is 33.4 Å². The van der Waals surface area contributed by atoms with Gasteiger partial charge in [-0.2, -0.15) is 0 Å². The number of carbonyl (C=O) groups is 3. The van der Waals surface area contributed by atoms with Crippen LogP contribution in [0.25, 0.3) is 0 Å². The number of rotatable bonds is 11. The van der Waals surface area contributed by atoms with Crippen LogP contribution in [0.2, 0.25) is 10.0 Å². The lowest BCUT2D eigenvalue weighted by molar-refractivity contribution is -0.134. The summed E-state index contributed by atoms with van der Waals surface area (Å²) < 4.78 is 12.2. The Hall–Kier alpha value is -2.64. The summed E-state index contributed by atoms with van der Waals surface area (Å²) in [5.74, 6) is -0.312. The summed E-state index contributed by atoms with van der Waals surface area (Å²) in [6.45, 7) is 3.39. The smallest absolute Gasteiger partial charge is 0.247 e. The number of hydrogen-bond acceptors (Lipinski definition) is 7. The van der Waals surface area contributed by atoms with E-state index in [2.05, 4.69) is 5.32 Å². The number of nitrogens with zero attached hydrogens (tertiary/aromatic N) is 1. The number of aliphatic hydroxyl groups excluding tert-OH is 2. The Labute approximate surface area is 262 Å². The summed E-state index contributed by atoms with van der Waals surface area (Å²) in [5, 5.41) is 24.2. The van der Waals surface area contributed by atoms with Gasteiger partial charge < -0.3 is 29.9 Å². The molecule has 0 aromatic heterocycles. The van der Waals surface area contributed by atoms with Gasteiger partial charge in [-0.05, 0) is 72.3 Å². The predicted molar refractivity (Wildman–Crippen MR) is 165 cm³/mol. The number of hydrogen-bond donors (Lipinski definition) is 3. The maximum absolute atomic E-state index is 13.5. The van der Waals surface area contributed by atoms with E-state index in [1.54, 1.807) is 38.1 Å². The van der Waals surface area contributed by atoms with Crippen LogP contribution in [-0.4, -0.2) is 71.7 Å². The van der Waals surface area contributed by atoms with Crippen molar-refractivity contribution in [2.75, 3.05) is 20.3 Å². The highest BCUT2D eigenvalue weighted by molar-refractivity contribution is 14.1. The lowest BCUT2D eigenvalue weighted by Crippen LogP contribution is -2.54. The quantitative estimate of drug-likeness (QED) is 0.180. The lowest BCUT2D eigenvalue weighted by Gasteiger charge is -2.40. The summed E-state index contributed by atoms with van der Waals surface area (Å²) in [4.78, 5) is 39.4. The van der Waals surface area contributed by atoms with Gasteiger partial charge in [0.1, 0.15) is 18.5 Å². The van der Waals surface area contributed by atoms with Gasteiger partial charge in [0.15, 0.2) is 11.5 Å². The Morgan fingerprint density at radius 3 is 2.54 bits per heavy atom. The summed E-state index contributed by atoms with van der Waals surface area (Å²) in [7, 11) is 1.42. The number of benzene rings is 2. The second-order valence-corrected chi connectivity index (χ2v) is 11.6. The average molecular weight is 717 g/mol. The van der Waals surface area contributed by atoms with Crippen LogP contribution >= 0.6 is 45.8 Å². The monoisotopic (exact) mass is 716 g/mol. The second kappa shape index (κ2) is 15.0. The highest BCUT2D eigenvalue weighted by Crippen LogP contribution is 2.37. The number of nitrogens with one attached hydrogen (secondary N) is 1. The molecule has 12 heteroatoms. The molecule has 0 fully saturated rings. The van der Waals surface area contributed by atoms with Gasteiger partial charge >= 0.3 is 0 Å². The van der Waals surface area contributed by atoms with E-state index in [9.17, 15) is 24.6 Å². The van der Waals surface area contributed by atoms with Crippen LogP contribution in [-0.2, 0) is 16.1 Å². The van der Waals surface area contributed by atoms with Crippen molar-refractivity contribution in [1.29, 1.82) is 0 Å². The number of carbonyl (C=O) groups excluding carboxylic acids is 3.